The number of benzene rings is 1. The minimum absolute atomic E-state index is 0.576. The Bertz CT molecular complexity index is 1080. The molecule has 7 heteroatoms. The second kappa shape index (κ2) is 7.87. The van der Waals surface area contributed by atoms with E-state index >= 15 is 0 Å². The second-order valence-electron chi connectivity index (χ2n) is 7.29. The minimum atomic E-state index is 0.576. The van der Waals surface area contributed by atoms with E-state index in [2.05, 4.69) is 42.4 Å². The molecule has 4 heterocycles. The molecule has 0 bridgehead atoms. The van der Waals surface area contributed by atoms with Gasteiger partial charge in [0.05, 0.1) is 5.69 Å². The highest BCUT2D eigenvalue weighted by Gasteiger charge is 2.12. The number of hydrogen-bond acceptors (Lipinski definition) is 6. The van der Waals surface area contributed by atoms with Crippen molar-refractivity contribution in [2.45, 2.75) is 25.8 Å². The van der Waals surface area contributed by atoms with E-state index in [4.69, 9.17) is 0 Å². The normalized spacial score (nSPS) is 14.3. The zero-order valence-corrected chi connectivity index (χ0v) is 16.2. The lowest BCUT2D eigenvalue weighted by Gasteiger charge is -2.27. The van der Waals surface area contributed by atoms with Crippen LogP contribution in [0.3, 0.4) is 0 Å². The molecule has 1 aliphatic rings. The Kier molecular flexibility index (Phi) is 4.78. The van der Waals surface area contributed by atoms with Crippen LogP contribution in [0.15, 0.2) is 61.1 Å². The first-order valence-corrected chi connectivity index (χ1v) is 10.1. The predicted octanol–water partition coefficient (Wildman–Crippen LogP) is 3.79. The molecule has 1 saturated heterocycles. The van der Waals surface area contributed by atoms with Gasteiger partial charge in [-0.05, 0) is 30.9 Å². The van der Waals surface area contributed by atoms with Gasteiger partial charge in [-0.1, -0.05) is 36.4 Å². The van der Waals surface area contributed by atoms with E-state index in [1.807, 2.05) is 42.6 Å². The van der Waals surface area contributed by atoms with Crippen molar-refractivity contribution < 1.29 is 0 Å². The topological polar surface area (TPSA) is 71.2 Å². The van der Waals surface area contributed by atoms with Crippen LogP contribution in [0.25, 0.3) is 17.0 Å². The third-order valence-corrected chi connectivity index (χ3v) is 5.28. The second-order valence-corrected chi connectivity index (χ2v) is 7.29. The van der Waals surface area contributed by atoms with Crippen molar-refractivity contribution in [1.29, 1.82) is 0 Å². The SMILES string of the molecule is c1ccc(-c2cc(NCc3ccc(N4CCCCC4)nc3)n3ncnc3n2)cc1. The maximum Gasteiger partial charge on any atom is 0.254 e. The fraction of sp³-hybridized carbons (Fsp3) is 0.273. The van der Waals surface area contributed by atoms with E-state index in [9.17, 15) is 0 Å². The molecule has 29 heavy (non-hydrogen) atoms. The van der Waals surface area contributed by atoms with E-state index in [1.165, 1.54) is 25.6 Å². The smallest absolute Gasteiger partial charge is 0.254 e. The van der Waals surface area contributed by atoms with E-state index in [1.54, 1.807) is 4.52 Å². The molecule has 4 aromatic rings. The fourth-order valence-corrected chi connectivity index (χ4v) is 3.72. The fourth-order valence-electron chi connectivity index (χ4n) is 3.72. The number of piperidine rings is 1. The van der Waals surface area contributed by atoms with Crippen molar-refractivity contribution in [2.75, 3.05) is 23.3 Å². The van der Waals surface area contributed by atoms with Crippen LogP contribution < -0.4 is 10.2 Å². The number of hydrogen-bond donors (Lipinski definition) is 1. The first-order valence-electron chi connectivity index (χ1n) is 10.1. The maximum absolute atomic E-state index is 4.67. The summed E-state index contributed by atoms with van der Waals surface area (Å²) in [5.74, 6) is 2.50. The van der Waals surface area contributed by atoms with Gasteiger partial charge in [-0.15, -0.1) is 0 Å². The Morgan fingerprint density at radius 1 is 0.931 bits per heavy atom. The highest BCUT2D eigenvalue weighted by molar-refractivity contribution is 5.65. The van der Waals surface area contributed by atoms with Crippen LogP contribution in [-0.4, -0.2) is 37.7 Å². The van der Waals surface area contributed by atoms with E-state index in [0.29, 0.717) is 12.3 Å². The van der Waals surface area contributed by atoms with Gasteiger partial charge in [-0.2, -0.15) is 14.6 Å². The van der Waals surface area contributed by atoms with Gasteiger partial charge in [-0.3, -0.25) is 0 Å². The van der Waals surface area contributed by atoms with Gasteiger partial charge in [0.2, 0.25) is 0 Å². The van der Waals surface area contributed by atoms with Crippen molar-refractivity contribution in [3.05, 3.63) is 66.6 Å². The lowest BCUT2D eigenvalue weighted by Crippen LogP contribution is -2.30. The first kappa shape index (κ1) is 17.6. The van der Waals surface area contributed by atoms with E-state index in [0.717, 1.165) is 41.5 Å². The van der Waals surface area contributed by atoms with E-state index < -0.39 is 0 Å². The summed E-state index contributed by atoms with van der Waals surface area (Å²) in [6, 6.07) is 16.4. The van der Waals surface area contributed by atoms with Crippen LogP contribution in [0.5, 0.6) is 0 Å². The van der Waals surface area contributed by atoms with Gasteiger partial charge in [-0.25, -0.2) is 9.97 Å². The Labute approximate surface area is 169 Å². The summed E-state index contributed by atoms with van der Waals surface area (Å²) >= 11 is 0. The van der Waals surface area contributed by atoms with Crippen LogP contribution >= 0.6 is 0 Å². The van der Waals surface area contributed by atoms with Gasteiger partial charge >= 0.3 is 0 Å². The first-order chi connectivity index (χ1) is 14.4. The van der Waals surface area contributed by atoms with Crippen LogP contribution in [0.1, 0.15) is 24.8 Å². The van der Waals surface area contributed by atoms with Gasteiger partial charge in [0.15, 0.2) is 0 Å². The highest BCUT2D eigenvalue weighted by Crippen LogP contribution is 2.22. The third-order valence-electron chi connectivity index (χ3n) is 5.28. The van der Waals surface area contributed by atoms with Crippen LogP contribution in [-0.2, 0) is 6.54 Å². The zero-order valence-electron chi connectivity index (χ0n) is 16.2. The summed E-state index contributed by atoms with van der Waals surface area (Å²) in [5.41, 5.74) is 3.04. The van der Waals surface area contributed by atoms with Crippen LogP contribution in [0.4, 0.5) is 11.6 Å². The summed E-state index contributed by atoms with van der Waals surface area (Å²) in [6.45, 7) is 2.86. The van der Waals surface area contributed by atoms with Crippen molar-refractivity contribution in [3.63, 3.8) is 0 Å². The Morgan fingerprint density at radius 2 is 1.79 bits per heavy atom. The Morgan fingerprint density at radius 3 is 2.59 bits per heavy atom. The molecule has 0 aliphatic carbocycles. The standard InChI is InChI=1S/C22H23N7/c1-3-7-18(8-4-1)19-13-21(29-22(27-19)25-16-26-29)24-15-17-9-10-20(23-14-17)28-11-5-2-6-12-28/h1,3-4,7-10,13-14,16,24H,2,5-6,11-12,15H2. The molecule has 7 nitrogen and oxygen atoms in total. The van der Waals surface area contributed by atoms with Crippen molar-refractivity contribution >= 4 is 17.4 Å². The third kappa shape index (κ3) is 3.76. The number of nitrogens with zero attached hydrogens (tertiary/aromatic N) is 6. The Balaban J connectivity index is 1.35. The molecule has 3 aromatic heterocycles. The summed E-state index contributed by atoms with van der Waals surface area (Å²) in [4.78, 5) is 15.9. The molecule has 1 fully saturated rings. The lowest BCUT2D eigenvalue weighted by molar-refractivity contribution is 0.573. The average Bonchev–Trinajstić information content (AvgIpc) is 3.28. The molecule has 0 spiro atoms. The number of anilines is 2. The molecule has 0 radical (unpaired) electrons. The maximum atomic E-state index is 4.67. The molecule has 0 saturated carbocycles. The summed E-state index contributed by atoms with van der Waals surface area (Å²) in [7, 11) is 0. The van der Waals surface area contributed by atoms with Crippen LogP contribution in [0, 0.1) is 0 Å². The molecule has 0 unspecified atom stereocenters. The average molecular weight is 385 g/mol. The molecule has 1 N–H and O–H groups in total. The monoisotopic (exact) mass is 385 g/mol. The zero-order chi connectivity index (χ0) is 19.5. The summed E-state index contributed by atoms with van der Waals surface area (Å²) in [5, 5.41) is 7.77. The predicted molar refractivity (Wildman–Crippen MR) is 114 cm³/mol. The molecule has 1 aliphatic heterocycles. The van der Waals surface area contributed by atoms with E-state index in [-0.39, 0.29) is 0 Å². The number of fused-ring (bicyclic) bond motifs is 1. The lowest BCUT2D eigenvalue weighted by atomic mass is 10.1. The largest absolute Gasteiger partial charge is 0.366 e. The van der Waals surface area contributed by atoms with Gasteiger partial charge in [0.25, 0.3) is 5.78 Å². The molecular weight excluding hydrogens is 362 g/mol. The molecule has 0 amide bonds. The van der Waals surface area contributed by atoms with Crippen molar-refractivity contribution in [2.24, 2.45) is 0 Å². The summed E-state index contributed by atoms with van der Waals surface area (Å²) in [6.07, 6.45) is 7.31. The number of pyridine rings is 1. The van der Waals surface area contributed by atoms with Gasteiger partial charge in [0, 0.05) is 37.5 Å². The van der Waals surface area contributed by atoms with Gasteiger partial charge < -0.3 is 10.2 Å². The highest BCUT2D eigenvalue weighted by atomic mass is 15.3. The summed E-state index contributed by atoms with van der Waals surface area (Å²) < 4.78 is 1.72. The van der Waals surface area contributed by atoms with Crippen LogP contribution in [0.2, 0.25) is 0 Å². The quantitative estimate of drug-likeness (QED) is 0.564. The van der Waals surface area contributed by atoms with Gasteiger partial charge in [0.1, 0.15) is 18.0 Å². The molecule has 146 valence electrons. The molecule has 5 rings (SSSR count). The number of rotatable bonds is 5. The molecule has 0 atom stereocenters. The number of aromatic nitrogens is 5. The molecule has 1 aromatic carbocycles. The molecular formula is C22H23N7. The minimum Gasteiger partial charge on any atom is -0.366 e. The van der Waals surface area contributed by atoms with Crippen molar-refractivity contribution in [3.8, 4) is 11.3 Å². The van der Waals surface area contributed by atoms with Crippen molar-refractivity contribution in [1.82, 2.24) is 24.6 Å². The Hall–Kier alpha value is -3.48. The number of nitrogens with one attached hydrogen (secondary N) is 1.